The van der Waals surface area contributed by atoms with Gasteiger partial charge in [0.15, 0.2) is 5.16 Å². The van der Waals surface area contributed by atoms with E-state index in [0.717, 1.165) is 5.56 Å². The minimum Gasteiger partial charge on any atom is -0.312 e. The monoisotopic (exact) mass is 342 g/mol. The van der Waals surface area contributed by atoms with Gasteiger partial charge in [0.05, 0.1) is 18.5 Å². The number of carbonyl (C=O) groups excluding carboxylic acids is 1. The Labute approximate surface area is 144 Å². The highest BCUT2D eigenvalue weighted by atomic mass is 32.2. The Bertz CT molecular complexity index is 840. The molecule has 24 heavy (non-hydrogen) atoms. The number of amides is 1. The molecule has 0 aliphatic rings. The molecule has 0 unspecified atom stereocenters. The van der Waals surface area contributed by atoms with Crippen LogP contribution in [0.1, 0.15) is 11.1 Å². The van der Waals surface area contributed by atoms with Gasteiger partial charge in [-0.2, -0.15) is 5.10 Å². The highest BCUT2D eigenvalue weighted by Crippen LogP contribution is 2.15. The summed E-state index contributed by atoms with van der Waals surface area (Å²) in [5.74, 6) is 0.844. The molecule has 2 heterocycles. The van der Waals surface area contributed by atoms with Gasteiger partial charge in [-0.1, -0.05) is 41.6 Å². The van der Waals surface area contributed by atoms with Crippen molar-refractivity contribution < 1.29 is 4.79 Å². The van der Waals surface area contributed by atoms with Crippen molar-refractivity contribution in [1.29, 1.82) is 0 Å². The molecule has 124 valence electrons. The van der Waals surface area contributed by atoms with Crippen LogP contribution in [0.5, 0.6) is 0 Å². The lowest BCUT2D eigenvalue weighted by atomic mass is 10.1. The molecule has 0 bridgehead atoms. The van der Waals surface area contributed by atoms with Gasteiger partial charge in [0, 0.05) is 13.1 Å². The van der Waals surface area contributed by atoms with Crippen LogP contribution in [0.25, 0.3) is 0 Å². The summed E-state index contributed by atoms with van der Waals surface area (Å²) in [6.07, 6.45) is 3.29. The van der Waals surface area contributed by atoms with E-state index < -0.39 is 0 Å². The normalized spacial score (nSPS) is 10.8. The zero-order chi connectivity index (χ0) is 16.9. The SMILES string of the molecule is Cc1cccc(Cn2nccc2NC(=O)CSc2nncn2C)c1. The first-order valence-electron chi connectivity index (χ1n) is 7.46. The second-order valence-electron chi connectivity index (χ2n) is 5.42. The second-order valence-corrected chi connectivity index (χ2v) is 6.37. The van der Waals surface area contributed by atoms with Gasteiger partial charge >= 0.3 is 0 Å². The minimum absolute atomic E-state index is 0.103. The van der Waals surface area contributed by atoms with Crippen molar-refractivity contribution in [3.05, 3.63) is 54.0 Å². The lowest BCUT2D eigenvalue weighted by molar-refractivity contribution is -0.113. The molecular weight excluding hydrogens is 324 g/mol. The van der Waals surface area contributed by atoms with Crippen molar-refractivity contribution in [3.63, 3.8) is 0 Å². The Kier molecular flexibility index (Phi) is 4.95. The van der Waals surface area contributed by atoms with Crippen molar-refractivity contribution in [2.75, 3.05) is 11.1 Å². The molecule has 0 saturated carbocycles. The molecule has 2 aromatic heterocycles. The summed E-state index contributed by atoms with van der Waals surface area (Å²) in [6.45, 7) is 2.67. The Morgan fingerprint density at radius 1 is 1.33 bits per heavy atom. The van der Waals surface area contributed by atoms with Crippen molar-refractivity contribution in [2.24, 2.45) is 7.05 Å². The molecule has 1 amide bonds. The van der Waals surface area contributed by atoms with Gasteiger partial charge in [-0.05, 0) is 12.5 Å². The number of nitrogens with one attached hydrogen (secondary N) is 1. The summed E-state index contributed by atoms with van der Waals surface area (Å²) in [5.41, 5.74) is 2.34. The van der Waals surface area contributed by atoms with Crippen molar-refractivity contribution in [2.45, 2.75) is 18.6 Å². The second kappa shape index (κ2) is 7.31. The van der Waals surface area contributed by atoms with E-state index in [1.54, 1.807) is 27.8 Å². The van der Waals surface area contributed by atoms with E-state index in [4.69, 9.17) is 0 Å². The van der Waals surface area contributed by atoms with Crippen molar-refractivity contribution in [1.82, 2.24) is 24.5 Å². The molecule has 0 fully saturated rings. The molecule has 0 aliphatic carbocycles. The highest BCUT2D eigenvalue weighted by molar-refractivity contribution is 7.99. The maximum Gasteiger partial charge on any atom is 0.235 e. The Hall–Kier alpha value is -2.61. The van der Waals surface area contributed by atoms with Crippen LogP contribution in [0.4, 0.5) is 5.82 Å². The van der Waals surface area contributed by atoms with Crippen LogP contribution in [0.2, 0.25) is 0 Å². The fourth-order valence-corrected chi connectivity index (χ4v) is 2.95. The summed E-state index contributed by atoms with van der Waals surface area (Å²) in [7, 11) is 1.84. The van der Waals surface area contributed by atoms with Crippen molar-refractivity contribution in [3.8, 4) is 0 Å². The Morgan fingerprint density at radius 3 is 2.96 bits per heavy atom. The number of benzene rings is 1. The third-order valence-corrected chi connectivity index (χ3v) is 4.44. The van der Waals surface area contributed by atoms with Gasteiger partial charge < -0.3 is 9.88 Å². The fraction of sp³-hybridized carbons (Fsp3) is 0.250. The molecule has 7 nitrogen and oxygen atoms in total. The molecule has 0 saturated heterocycles. The van der Waals surface area contributed by atoms with Gasteiger partial charge in [0.25, 0.3) is 0 Å². The first-order valence-corrected chi connectivity index (χ1v) is 8.44. The molecule has 8 heteroatoms. The highest BCUT2D eigenvalue weighted by Gasteiger charge is 2.10. The third kappa shape index (κ3) is 4.02. The quantitative estimate of drug-likeness (QED) is 0.694. The maximum atomic E-state index is 12.1. The van der Waals surface area contributed by atoms with Crippen LogP contribution in [0.3, 0.4) is 0 Å². The number of hydrogen-bond donors (Lipinski definition) is 1. The van der Waals surface area contributed by atoms with Crippen LogP contribution in [-0.4, -0.2) is 36.2 Å². The van der Waals surface area contributed by atoms with E-state index in [1.807, 2.05) is 19.2 Å². The minimum atomic E-state index is -0.103. The molecule has 0 radical (unpaired) electrons. The first kappa shape index (κ1) is 16.3. The summed E-state index contributed by atoms with van der Waals surface area (Å²) >= 11 is 1.34. The third-order valence-electron chi connectivity index (χ3n) is 3.40. The molecule has 1 N–H and O–H groups in total. The lowest BCUT2D eigenvalue weighted by Crippen LogP contribution is -2.18. The van der Waals surface area contributed by atoms with Gasteiger partial charge in [-0.25, -0.2) is 4.68 Å². The first-order chi connectivity index (χ1) is 11.6. The van der Waals surface area contributed by atoms with Crippen LogP contribution in [0.15, 0.2) is 48.0 Å². The Balaban J connectivity index is 1.60. The van der Waals surface area contributed by atoms with E-state index in [-0.39, 0.29) is 11.7 Å². The summed E-state index contributed by atoms with van der Waals surface area (Å²) in [6, 6.07) is 10.0. The summed E-state index contributed by atoms with van der Waals surface area (Å²) in [5, 5.41) is 15.6. The molecule has 0 aliphatic heterocycles. The Morgan fingerprint density at radius 2 is 2.21 bits per heavy atom. The smallest absolute Gasteiger partial charge is 0.235 e. The topological polar surface area (TPSA) is 77.6 Å². The molecule has 3 rings (SSSR count). The molecule has 1 aromatic carbocycles. The van der Waals surface area contributed by atoms with E-state index in [0.29, 0.717) is 17.5 Å². The zero-order valence-corrected chi connectivity index (χ0v) is 14.3. The number of anilines is 1. The number of aromatic nitrogens is 5. The number of rotatable bonds is 6. The number of nitrogens with zero attached hydrogens (tertiary/aromatic N) is 5. The molecule has 0 atom stereocenters. The van der Waals surface area contributed by atoms with Gasteiger partial charge in [0.2, 0.25) is 5.91 Å². The van der Waals surface area contributed by atoms with Gasteiger partial charge in [-0.15, -0.1) is 10.2 Å². The summed E-state index contributed by atoms with van der Waals surface area (Å²) < 4.78 is 3.56. The standard InChI is InChI=1S/C16H18N6OS/c1-12-4-3-5-13(8-12)9-22-14(6-7-18-22)19-15(23)10-24-16-20-17-11-21(16)2/h3-8,11H,9-10H2,1-2H3,(H,19,23). The zero-order valence-electron chi connectivity index (χ0n) is 13.5. The van der Waals surface area contributed by atoms with E-state index in [1.165, 1.54) is 17.3 Å². The number of aryl methyl sites for hydroxylation is 2. The van der Waals surface area contributed by atoms with Crippen molar-refractivity contribution >= 4 is 23.5 Å². The van der Waals surface area contributed by atoms with Crippen LogP contribution in [-0.2, 0) is 18.4 Å². The molecule has 0 spiro atoms. The van der Waals surface area contributed by atoms with E-state index >= 15 is 0 Å². The lowest BCUT2D eigenvalue weighted by Gasteiger charge is -2.09. The number of hydrogen-bond acceptors (Lipinski definition) is 5. The summed E-state index contributed by atoms with van der Waals surface area (Å²) in [4.78, 5) is 12.1. The van der Waals surface area contributed by atoms with Gasteiger partial charge in [0.1, 0.15) is 12.1 Å². The van der Waals surface area contributed by atoms with Gasteiger partial charge in [-0.3, -0.25) is 4.79 Å². The van der Waals surface area contributed by atoms with Crippen LogP contribution in [0, 0.1) is 6.92 Å². The molecular formula is C16H18N6OS. The van der Waals surface area contributed by atoms with Crippen LogP contribution < -0.4 is 5.32 Å². The predicted octanol–water partition coefficient (Wildman–Crippen LogP) is 2.10. The van der Waals surface area contributed by atoms with E-state index in [2.05, 4.69) is 39.7 Å². The van der Waals surface area contributed by atoms with Crippen LogP contribution >= 0.6 is 11.8 Å². The predicted molar refractivity (Wildman–Crippen MR) is 92.9 cm³/mol. The molecule has 3 aromatic rings. The number of thioether (sulfide) groups is 1. The largest absolute Gasteiger partial charge is 0.312 e. The average molecular weight is 342 g/mol. The van der Waals surface area contributed by atoms with E-state index in [9.17, 15) is 4.79 Å². The average Bonchev–Trinajstić information content (AvgIpc) is 3.15. The fourth-order valence-electron chi connectivity index (χ4n) is 2.26. The maximum absolute atomic E-state index is 12.1. The number of carbonyl (C=O) groups is 1.